The van der Waals surface area contributed by atoms with E-state index in [0.717, 1.165) is 11.1 Å². The van der Waals surface area contributed by atoms with Gasteiger partial charge in [-0.05, 0) is 25.0 Å². The molecule has 0 aromatic heterocycles. The normalized spacial score (nSPS) is 12.8. The lowest BCUT2D eigenvalue weighted by Gasteiger charge is -2.18. The molecule has 2 aromatic rings. The fraction of sp³-hybridized carbons (Fsp3) is 0.263. The number of benzene rings is 2. The van der Waals surface area contributed by atoms with Crippen LogP contribution >= 0.6 is 0 Å². The van der Waals surface area contributed by atoms with Crippen LogP contribution in [-0.4, -0.2) is 18.0 Å². The van der Waals surface area contributed by atoms with Crippen LogP contribution in [0.2, 0.25) is 0 Å². The first-order valence-electron chi connectivity index (χ1n) is 7.89. The molecule has 2 rings (SSSR count). The number of alkyl carbamates (subject to hydrolysis) is 1. The van der Waals surface area contributed by atoms with E-state index in [2.05, 4.69) is 10.6 Å². The van der Waals surface area contributed by atoms with Crippen molar-refractivity contribution in [2.75, 3.05) is 0 Å². The highest BCUT2D eigenvalue weighted by atomic mass is 16.5. The largest absolute Gasteiger partial charge is 0.445 e. The van der Waals surface area contributed by atoms with Gasteiger partial charge in [0.15, 0.2) is 0 Å². The molecule has 0 saturated carbocycles. The van der Waals surface area contributed by atoms with Gasteiger partial charge in [0.1, 0.15) is 12.6 Å². The van der Waals surface area contributed by atoms with Crippen molar-refractivity contribution in [3.8, 4) is 0 Å². The topological polar surface area (TPSA) is 67.4 Å². The number of rotatable bonds is 6. The zero-order valence-electron chi connectivity index (χ0n) is 13.9. The van der Waals surface area contributed by atoms with Gasteiger partial charge in [0.05, 0.1) is 6.04 Å². The lowest BCUT2D eigenvalue weighted by Crippen LogP contribution is -2.45. The van der Waals surface area contributed by atoms with Crippen LogP contribution in [0.5, 0.6) is 0 Å². The van der Waals surface area contributed by atoms with Gasteiger partial charge in [0.2, 0.25) is 5.91 Å². The Morgan fingerprint density at radius 2 is 1.50 bits per heavy atom. The van der Waals surface area contributed by atoms with Crippen molar-refractivity contribution in [2.45, 2.75) is 32.5 Å². The summed E-state index contributed by atoms with van der Waals surface area (Å²) in [5, 5.41) is 5.40. The lowest BCUT2D eigenvalue weighted by atomic mass is 10.1. The number of carbonyl (C=O) groups is 2. The average Bonchev–Trinajstić information content (AvgIpc) is 2.61. The second kappa shape index (κ2) is 8.72. The maximum absolute atomic E-state index is 12.2. The minimum Gasteiger partial charge on any atom is -0.445 e. The monoisotopic (exact) mass is 326 g/mol. The Morgan fingerprint density at radius 1 is 0.917 bits per heavy atom. The van der Waals surface area contributed by atoms with E-state index in [1.807, 2.05) is 67.6 Å². The van der Waals surface area contributed by atoms with Gasteiger partial charge in [-0.1, -0.05) is 60.7 Å². The predicted octanol–water partition coefficient (Wildman–Crippen LogP) is 3.18. The zero-order valence-corrected chi connectivity index (χ0v) is 13.9. The van der Waals surface area contributed by atoms with Gasteiger partial charge in [-0.25, -0.2) is 4.79 Å². The third kappa shape index (κ3) is 5.43. The molecule has 126 valence electrons. The summed E-state index contributed by atoms with van der Waals surface area (Å²) < 4.78 is 5.11. The minimum absolute atomic E-state index is 0.136. The molecule has 0 heterocycles. The van der Waals surface area contributed by atoms with Gasteiger partial charge in [-0.15, -0.1) is 0 Å². The van der Waals surface area contributed by atoms with E-state index >= 15 is 0 Å². The Morgan fingerprint density at radius 3 is 2.12 bits per heavy atom. The third-order valence-corrected chi connectivity index (χ3v) is 3.60. The number of nitrogens with one attached hydrogen (secondary N) is 2. The van der Waals surface area contributed by atoms with Gasteiger partial charge in [0, 0.05) is 0 Å². The van der Waals surface area contributed by atoms with E-state index in [0.29, 0.717) is 0 Å². The molecule has 0 saturated heterocycles. The molecule has 0 aliphatic heterocycles. The molecule has 0 aliphatic carbocycles. The Kier molecular flexibility index (Phi) is 6.37. The molecular weight excluding hydrogens is 304 g/mol. The molecule has 2 N–H and O–H groups in total. The molecular formula is C19H22N2O3. The van der Waals surface area contributed by atoms with E-state index in [4.69, 9.17) is 4.74 Å². The average molecular weight is 326 g/mol. The van der Waals surface area contributed by atoms with Crippen molar-refractivity contribution in [3.05, 3.63) is 71.8 Å². The Labute approximate surface area is 142 Å². The fourth-order valence-electron chi connectivity index (χ4n) is 2.17. The molecule has 0 fully saturated rings. The number of ether oxygens (including phenoxy) is 1. The minimum atomic E-state index is -0.681. The molecule has 24 heavy (non-hydrogen) atoms. The third-order valence-electron chi connectivity index (χ3n) is 3.60. The molecule has 0 unspecified atom stereocenters. The number of hydrogen-bond acceptors (Lipinski definition) is 3. The molecule has 0 spiro atoms. The molecule has 2 aromatic carbocycles. The van der Waals surface area contributed by atoms with E-state index in [1.54, 1.807) is 6.92 Å². The van der Waals surface area contributed by atoms with Crippen LogP contribution in [-0.2, 0) is 16.1 Å². The molecule has 5 heteroatoms. The molecule has 2 amide bonds. The van der Waals surface area contributed by atoms with Crippen molar-refractivity contribution < 1.29 is 14.3 Å². The summed E-state index contributed by atoms with van der Waals surface area (Å²) in [7, 11) is 0. The first-order chi connectivity index (χ1) is 11.6. The van der Waals surface area contributed by atoms with Crippen LogP contribution in [0.1, 0.15) is 31.0 Å². The van der Waals surface area contributed by atoms with Crippen LogP contribution in [0.25, 0.3) is 0 Å². The Bertz CT molecular complexity index is 659. The first-order valence-corrected chi connectivity index (χ1v) is 7.89. The van der Waals surface area contributed by atoms with E-state index in [9.17, 15) is 9.59 Å². The quantitative estimate of drug-likeness (QED) is 0.857. The summed E-state index contributed by atoms with van der Waals surface area (Å²) in [6.45, 7) is 3.69. The molecule has 2 atom stereocenters. The highest BCUT2D eigenvalue weighted by Gasteiger charge is 2.18. The van der Waals surface area contributed by atoms with Crippen molar-refractivity contribution in [3.63, 3.8) is 0 Å². The summed E-state index contributed by atoms with van der Waals surface area (Å²) >= 11 is 0. The van der Waals surface area contributed by atoms with Gasteiger partial charge < -0.3 is 15.4 Å². The van der Waals surface area contributed by atoms with Crippen LogP contribution < -0.4 is 10.6 Å². The smallest absolute Gasteiger partial charge is 0.408 e. The fourth-order valence-corrected chi connectivity index (χ4v) is 2.17. The van der Waals surface area contributed by atoms with Crippen LogP contribution in [0, 0.1) is 0 Å². The Balaban J connectivity index is 1.77. The highest BCUT2D eigenvalue weighted by molar-refractivity contribution is 5.85. The Hall–Kier alpha value is -2.82. The van der Waals surface area contributed by atoms with E-state index in [1.165, 1.54) is 0 Å². The molecule has 0 aliphatic rings. The van der Waals surface area contributed by atoms with Crippen molar-refractivity contribution >= 4 is 12.0 Å². The summed E-state index contributed by atoms with van der Waals surface area (Å²) in [6.07, 6.45) is -0.617. The van der Waals surface area contributed by atoms with Gasteiger partial charge >= 0.3 is 6.09 Å². The summed E-state index contributed by atoms with van der Waals surface area (Å²) in [5.41, 5.74) is 1.90. The van der Waals surface area contributed by atoms with E-state index in [-0.39, 0.29) is 18.6 Å². The van der Waals surface area contributed by atoms with Crippen molar-refractivity contribution in [1.82, 2.24) is 10.6 Å². The first kappa shape index (κ1) is 17.5. The molecule has 0 bridgehead atoms. The van der Waals surface area contributed by atoms with Gasteiger partial charge in [-0.2, -0.15) is 0 Å². The van der Waals surface area contributed by atoms with Gasteiger partial charge in [0.25, 0.3) is 0 Å². The SMILES string of the molecule is C[C@H](NC(=O)OCc1ccccc1)C(=O)N[C@@H](C)c1ccccc1. The van der Waals surface area contributed by atoms with E-state index < -0.39 is 12.1 Å². The van der Waals surface area contributed by atoms with Crippen LogP contribution in [0.3, 0.4) is 0 Å². The maximum Gasteiger partial charge on any atom is 0.408 e. The second-order valence-electron chi connectivity index (χ2n) is 5.57. The molecule has 0 radical (unpaired) electrons. The van der Waals surface area contributed by atoms with Crippen molar-refractivity contribution in [1.29, 1.82) is 0 Å². The highest BCUT2D eigenvalue weighted by Crippen LogP contribution is 2.11. The number of amides is 2. The molecule has 5 nitrogen and oxygen atoms in total. The summed E-state index contributed by atoms with van der Waals surface area (Å²) in [6, 6.07) is 18.2. The van der Waals surface area contributed by atoms with Crippen LogP contribution in [0.4, 0.5) is 4.79 Å². The summed E-state index contributed by atoms with van der Waals surface area (Å²) in [4.78, 5) is 23.9. The van der Waals surface area contributed by atoms with Crippen molar-refractivity contribution in [2.24, 2.45) is 0 Å². The number of hydrogen-bond donors (Lipinski definition) is 2. The maximum atomic E-state index is 12.2. The number of carbonyl (C=O) groups excluding carboxylic acids is 2. The van der Waals surface area contributed by atoms with Gasteiger partial charge in [-0.3, -0.25) is 4.79 Å². The predicted molar refractivity (Wildman–Crippen MR) is 92.2 cm³/mol. The summed E-state index contributed by atoms with van der Waals surface area (Å²) in [5.74, 6) is -0.261. The second-order valence-corrected chi connectivity index (χ2v) is 5.57. The zero-order chi connectivity index (χ0) is 17.4. The van der Waals surface area contributed by atoms with Crippen LogP contribution in [0.15, 0.2) is 60.7 Å². The lowest BCUT2D eigenvalue weighted by molar-refractivity contribution is -0.123. The standard InChI is InChI=1S/C19H22N2O3/c1-14(17-11-7-4-8-12-17)20-18(22)15(2)21-19(23)24-13-16-9-5-3-6-10-16/h3-12,14-15H,13H2,1-2H3,(H,20,22)(H,21,23)/t14-,15-/m0/s1.